The van der Waals surface area contributed by atoms with Gasteiger partial charge in [-0.3, -0.25) is 0 Å². The van der Waals surface area contributed by atoms with Crippen molar-refractivity contribution in [2.45, 2.75) is 44.3 Å². The maximum absolute atomic E-state index is 9.68. The van der Waals surface area contributed by atoms with Crippen molar-refractivity contribution in [2.75, 3.05) is 0 Å². The highest BCUT2D eigenvalue weighted by molar-refractivity contribution is 6.62. The molecular weight excluding hydrogens is 457 g/mol. The van der Waals surface area contributed by atoms with Crippen LogP contribution < -0.4 is 10.2 Å². The molecule has 0 amide bonds. The number of benzene rings is 4. The van der Waals surface area contributed by atoms with Crippen molar-refractivity contribution in [3.63, 3.8) is 0 Å². The summed E-state index contributed by atoms with van der Waals surface area (Å²) in [7, 11) is -0.485. The molecule has 0 N–H and O–H groups in total. The SMILES string of the molecule is CC1(C)OB(c2ccc3c(c2)C2(c4ccccc4O3)c3ccccc3-c3cc(C#N)ccc32)OC1(C)C. The van der Waals surface area contributed by atoms with Gasteiger partial charge in [-0.15, -0.1) is 0 Å². The molecule has 1 aliphatic carbocycles. The van der Waals surface area contributed by atoms with Gasteiger partial charge in [0.15, 0.2) is 0 Å². The molecule has 0 bridgehead atoms. The Kier molecular flexibility index (Phi) is 4.44. The minimum Gasteiger partial charge on any atom is -0.457 e. The minimum absolute atomic E-state index is 0.436. The fraction of sp³-hybridized carbons (Fsp3) is 0.219. The Morgan fingerprint density at radius 1 is 0.649 bits per heavy atom. The monoisotopic (exact) mass is 483 g/mol. The van der Waals surface area contributed by atoms with Crippen molar-refractivity contribution in [1.29, 1.82) is 5.26 Å². The quantitative estimate of drug-likeness (QED) is 0.257. The zero-order chi connectivity index (χ0) is 25.6. The van der Waals surface area contributed by atoms with Crippen LogP contribution in [-0.4, -0.2) is 18.3 Å². The van der Waals surface area contributed by atoms with E-state index >= 15 is 0 Å². The molecule has 4 aromatic rings. The van der Waals surface area contributed by atoms with Gasteiger partial charge in [-0.05, 0) is 79.7 Å². The number of nitrogens with zero attached hydrogens (tertiary/aromatic N) is 1. The molecular formula is C32H26BNO3. The summed E-state index contributed by atoms with van der Waals surface area (Å²) in [5, 5.41) is 9.68. The predicted octanol–water partition coefficient (Wildman–Crippen LogP) is 6.33. The number of para-hydroxylation sites is 1. The molecule has 4 aromatic carbocycles. The van der Waals surface area contributed by atoms with Gasteiger partial charge in [0.2, 0.25) is 0 Å². The van der Waals surface area contributed by atoms with Crippen molar-refractivity contribution >= 4 is 12.6 Å². The van der Waals surface area contributed by atoms with Gasteiger partial charge >= 0.3 is 7.12 Å². The summed E-state index contributed by atoms with van der Waals surface area (Å²) >= 11 is 0. The Hall–Kier alpha value is -3.85. The second kappa shape index (κ2) is 7.35. The van der Waals surface area contributed by atoms with E-state index in [4.69, 9.17) is 14.0 Å². The van der Waals surface area contributed by atoms with Gasteiger partial charge in [0.05, 0.1) is 28.2 Å². The smallest absolute Gasteiger partial charge is 0.457 e. The molecule has 2 aliphatic heterocycles. The van der Waals surface area contributed by atoms with Crippen molar-refractivity contribution in [3.8, 4) is 28.7 Å². The number of fused-ring (bicyclic) bond motifs is 9. The van der Waals surface area contributed by atoms with Gasteiger partial charge < -0.3 is 14.0 Å². The highest BCUT2D eigenvalue weighted by Crippen LogP contribution is 2.61. The van der Waals surface area contributed by atoms with Crippen molar-refractivity contribution < 1.29 is 14.0 Å². The van der Waals surface area contributed by atoms with Gasteiger partial charge in [-0.1, -0.05) is 60.7 Å². The molecule has 1 atom stereocenters. The lowest BCUT2D eigenvalue weighted by atomic mass is 9.64. The van der Waals surface area contributed by atoms with E-state index < -0.39 is 23.7 Å². The number of rotatable bonds is 1. The first-order valence-electron chi connectivity index (χ1n) is 12.7. The van der Waals surface area contributed by atoms with Crippen LogP contribution in [0.1, 0.15) is 55.5 Å². The van der Waals surface area contributed by atoms with E-state index in [9.17, 15) is 5.26 Å². The molecule has 1 saturated heterocycles. The third-order valence-corrected chi connectivity index (χ3v) is 8.62. The number of nitriles is 1. The topological polar surface area (TPSA) is 51.5 Å². The number of ether oxygens (including phenoxy) is 1. The summed E-state index contributed by atoms with van der Waals surface area (Å²) in [5.41, 5.74) is 6.83. The maximum Gasteiger partial charge on any atom is 0.494 e. The van der Waals surface area contributed by atoms with E-state index in [1.165, 1.54) is 5.56 Å². The van der Waals surface area contributed by atoms with Crippen LogP contribution in [0, 0.1) is 11.3 Å². The average molecular weight is 483 g/mol. The van der Waals surface area contributed by atoms with Crippen LogP contribution in [-0.2, 0) is 14.7 Å². The Morgan fingerprint density at radius 2 is 1.30 bits per heavy atom. The van der Waals surface area contributed by atoms with Crippen LogP contribution in [0.3, 0.4) is 0 Å². The molecule has 37 heavy (non-hydrogen) atoms. The molecule has 0 radical (unpaired) electrons. The van der Waals surface area contributed by atoms with E-state index in [-0.39, 0.29) is 0 Å². The summed E-state index contributed by atoms with van der Waals surface area (Å²) in [6, 6.07) is 31.4. The van der Waals surface area contributed by atoms with Gasteiger partial charge in [-0.2, -0.15) is 5.26 Å². The summed E-state index contributed by atoms with van der Waals surface area (Å²) in [4.78, 5) is 0. The average Bonchev–Trinajstić information content (AvgIpc) is 3.31. The Morgan fingerprint density at radius 3 is 2.05 bits per heavy atom. The number of hydrogen-bond acceptors (Lipinski definition) is 4. The van der Waals surface area contributed by atoms with Gasteiger partial charge in [0.25, 0.3) is 0 Å². The van der Waals surface area contributed by atoms with Crippen molar-refractivity contribution in [3.05, 3.63) is 113 Å². The lowest BCUT2D eigenvalue weighted by molar-refractivity contribution is 0.00578. The Balaban J connectivity index is 1.54. The molecule has 180 valence electrons. The highest BCUT2D eigenvalue weighted by Gasteiger charge is 2.54. The van der Waals surface area contributed by atoms with Crippen molar-refractivity contribution in [1.82, 2.24) is 0 Å². The van der Waals surface area contributed by atoms with Crippen LogP contribution in [0.25, 0.3) is 11.1 Å². The summed E-state index contributed by atoms with van der Waals surface area (Å²) < 4.78 is 19.4. The second-order valence-electron chi connectivity index (χ2n) is 11.1. The molecule has 0 aromatic heterocycles. The maximum atomic E-state index is 9.68. The fourth-order valence-corrected chi connectivity index (χ4v) is 6.12. The van der Waals surface area contributed by atoms with Gasteiger partial charge in [0.1, 0.15) is 11.5 Å². The molecule has 5 heteroatoms. The second-order valence-corrected chi connectivity index (χ2v) is 11.1. The van der Waals surface area contributed by atoms with E-state index in [0.717, 1.165) is 44.8 Å². The predicted molar refractivity (Wildman–Crippen MR) is 144 cm³/mol. The lowest BCUT2D eigenvalue weighted by Crippen LogP contribution is -2.41. The molecule has 2 heterocycles. The molecule has 7 rings (SSSR count). The third kappa shape index (κ3) is 2.86. The zero-order valence-electron chi connectivity index (χ0n) is 21.3. The first kappa shape index (κ1) is 22.4. The number of hydrogen-bond donors (Lipinski definition) is 0. The molecule has 1 spiro atoms. The zero-order valence-corrected chi connectivity index (χ0v) is 21.3. The van der Waals surface area contributed by atoms with Gasteiger partial charge in [0, 0.05) is 11.1 Å². The fourth-order valence-electron chi connectivity index (χ4n) is 6.12. The summed E-state index contributed by atoms with van der Waals surface area (Å²) in [5.74, 6) is 1.65. The van der Waals surface area contributed by atoms with E-state index in [0.29, 0.717) is 5.56 Å². The standard InChI is InChI=1S/C32H26BNO3/c1-30(2)31(3,4)37-33(36-30)21-14-16-29-27(18-21)32(26-11-7-8-12-28(26)35-29)24-10-6-5-9-22(24)23-17-20(19-34)13-15-25(23)32/h5-18H,1-4H3. The normalized spacial score (nSPS) is 21.4. The van der Waals surface area contributed by atoms with Crippen LogP contribution in [0.4, 0.5) is 0 Å². The highest BCUT2D eigenvalue weighted by atomic mass is 16.7. The first-order chi connectivity index (χ1) is 17.8. The molecule has 0 saturated carbocycles. The van der Waals surface area contributed by atoms with E-state index in [1.807, 2.05) is 36.4 Å². The Bertz CT molecular complexity index is 1630. The van der Waals surface area contributed by atoms with Crippen molar-refractivity contribution in [2.24, 2.45) is 0 Å². The Labute approximate surface area is 217 Å². The largest absolute Gasteiger partial charge is 0.494 e. The van der Waals surface area contributed by atoms with Crippen LogP contribution >= 0.6 is 0 Å². The lowest BCUT2D eigenvalue weighted by Gasteiger charge is -2.39. The van der Waals surface area contributed by atoms with Crippen LogP contribution in [0.15, 0.2) is 84.9 Å². The molecule has 1 fully saturated rings. The summed E-state index contributed by atoms with van der Waals surface area (Å²) in [6.07, 6.45) is 0. The van der Waals surface area contributed by atoms with Gasteiger partial charge in [-0.25, -0.2) is 0 Å². The molecule has 3 aliphatic rings. The minimum atomic E-state index is -0.594. The molecule has 4 nitrogen and oxygen atoms in total. The van der Waals surface area contributed by atoms with Crippen LogP contribution in [0.2, 0.25) is 0 Å². The third-order valence-electron chi connectivity index (χ3n) is 8.62. The summed E-state index contributed by atoms with van der Waals surface area (Å²) in [6.45, 7) is 8.29. The van der Waals surface area contributed by atoms with E-state index in [1.54, 1.807) is 0 Å². The molecule has 1 unspecified atom stereocenters. The van der Waals surface area contributed by atoms with E-state index in [2.05, 4.69) is 82.3 Å². The van der Waals surface area contributed by atoms with Crippen LogP contribution in [0.5, 0.6) is 11.5 Å². The first-order valence-corrected chi connectivity index (χ1v) is 12.7.